The van der Waals surface area contributed by atoms with Gasteiger partial charge in [-0.2, -0.15) is 0 Å². The van der Waals surface area contributed by atoms with Gasteiger partial charge in [-0.1, -0.05) is 0 Å². The number of nitrogens with zero attached hydrogens (tertiary/aromatic N) is 3. The molecule has 2 aromatic rings. The number of rotatable bonds is 8. The molecule has 144 valence electrons. The summed E-state index contributed by atoms with van der Waals surface area (Å²) in [4.78, 5) is 14.6. The summed E-state index contributed by atoms with van der Waals surface area (Å²) in [5.74, 6) is 0.370. The minimum absolute atomic E-state index is 0.231. The largest absolute Gasteiger partial charge is 0.376 e. The van der Waals surface area contributed by atoms with Gasteiger partial charge in [-0.05, 0) is 63.1 Å². The predicted molar refractivity (Wildman–Crippen MR) is 107 cm³/mol. The van der Waals surface area contributed by atoms with Crippen molar-refractivity contribution in [1.82, 2.24) is 10.2 Å². The van der Waals surface area contributed by atoms with Crippen molar-refractivity contribution in [2.75, 3.05) is 41.8 Å². The Labute approximate surface area is 160 Å². The molecule has 1 aliphatic heterocycles. The predicted octanol–water partition coefficient (Wildman–Crippen LogP) is 3.17. The first-order chi connectivity index (χ1) is 13.2. The smallest absolute Gasteiger partial charge is 0.276 e. The molecule has 27 heavy (non-hydrogen) atoms. The second-order valence-corrected chi connectivity index (χ2v) is 6.49. The van der Waals surface area contributed by atoms with Crippen LogP contribution in [0.4, 0.5) is 17.2 Å². The van der Waals surface area contributed by atoms with Gasteiger partial charge in [0.25, 0.3) is 5.91 Å². The van der Waals surface area contributed by atoms with E-state index in [2.05, 4.69) is 39.6 Å². The molecule has 0 bridgehead atoms. The Balaban J connectivity index is 1.54. The molecule has 1 aromatic heterocycles. The van der Waals surface area contributed by atoms with Crippen molar-refractivity contribution >= 4 is 23.1 Å². The molecule has 1 fully saturated rings. The van der Waals surface area contributed by atoms with E-state index in [0.29, 0.717) is 12.4 Å². The van der Waals surface area contributed by atoms with Crippen LogP contribution in [0.15, 0.2) is 36.4 Å². The van der Waals surface area contributed by atoms with E-state index in [0.717, 1.165) is 43.9 Å². The van der Waals surface area contributed by atoms with E-state index in [4.69, 9.17) is 4.74 Å². The van der Waals surface area contributed by atoms with Crippen LogP contribution in [-0.4, -0.2) is 48.4 Å². The first kappa shape index (κ1) is 19.1. The van der Waals surface area contributed by atoms with Crippen molar-refractivity contribution in [2.45, 2.75) is 32.8 Å². The standard InChI is InChI=1S/C20H27N5O2/c1-3-25(4-2)16-9-7-15(8-10-16)22-20(26)18-11-12-19(24-23-18)21-14-17-6-5-13-27-17/h7-12,17H,3-6,13-14H2,1-2H3,(H,21,24)(H,22,26). The first-order valence-electron chi connectivity index (χ1n) is 9.55. The van der Waals surface area contributed by atoms with Crippen molar-refractivity contribution in [1.29, 1.82) is 0 Å². The highest BCUT2D eigenvalue weighted by molar-refractivity contribution is 6.02. The molecular weight excluding hydrogens is 342 g/mol. The summed E-state index contributed by atoms with van der Waals surface area (Å²) >= 11 is 0. The van der Waals surface area contributed by atoms with E-state index in [9.17, 15) is 4.79 Å². The number of hydrogen-bond acceptors (Lipinski definition) is 6. The molecule has 0 saturated carbocycles. The zero-order chi connectivity index (χ0) is 19.1. The minimum atomic E-state index is -0.274. The minimum Gasteiger partial charge on any atom is -0.376 e. The highest BCUT2D eigenvalue weighted by atomic mass is 16.5. The van der Waals surface area contributed by atoms with Gasteiger partial charge < -0.3 is 20.3 Å². The SMILES string of the molecule is CCN(CC)c1ccc(NC(=O)c2ccc(NCC3CCCO3)nn2)cc1. The van der Waals surface area contributed by atoms with Crippen molar-refractivity contribution in [2.24, 2.45) is 0 Å². The normalized spacial score (nSPS) is 16.1. The maximum absolute atomic E-state index is 12.4. The van der Waals surface area contributed by atoms with Crippen LogP contribution >= 0.6 is 0 Å². The summed E-state index contributed by atoms with van der Waals surface area (Å²) in [6.07, 6.45) is 2.40. The Morgan fingerprint density at radius 1 is 1.15 bits per heavy atom. The highest BCUT2D eigenvalue weighted by Crippen LogP contribution is 2.18. The van der Waals surface area contributed by atoms with Gasteiger partial charge in [-0.15, -0.1) is 10.2 Å². The fraction of sp³-hybridized carbons (Fsp3) is 0.450. The van der Waals surface area contributed by atoms with Crippen LogP contribution < -0.4 is 15.5 Å². The molecule has 7 heteroatoms. The zero-order valence-electron chi connectivity index (χ0n) is 15.9. The quantitative estimate of drug-likeness (QED) is 0.744. The third kappa shape index (κ3) is 5.17. The monoisotopic (exact) mass is 369 g/mol. The number of aromatic nitrogens is 2. The zero-order valence-corrected chi connectivity index (χ0v) is 15.9. The molecule has 1 atom stereocenters. The maximum atomic E-state index is 12.4. The van der Waals surface area contributed by atoms with Crippen LogP contribution in [0.5, 0.6) is 0 Å². The van der Waals surface area contributed by atoms with E-state index >= 15 is 0 Å². The van der Waals surface area contributed by atoms with Crippen LogP contribution in [0, 0.1) is 0 Å². The number of hydrogen-bond donors (Lipinski definition) is 2. The molecule has 1 unspecified atom stereocenters. The summed E-state index contributed by atoms with van der Waals surface area (Å²) in [7, 11) is 0. The summed E-state index contributed by atoms with van der Waals surface area (Å²) in [5, 5.41) is 14.1. The molecule has 1 saturated heterocycles. The molecule has 7 nitrogen and oxygen atoms in total. The van der Waals surface area contributed by atoms with E-state index in [-0.39, 0.29) is 17.7 Å². The van der Waals surface area contributed by atoms with Crippen molar-refractivity contribution < 1.29 is 9.53 Å². The molecule has 2 N–H and O–H groups in total. The van der Waals surface area contributed by atoms with Gasteiger partial charge in [-0.25, -0.2) is 0 Å². The maximum Gasteiger partial charge on any atom is 0.276 e. The Bertz CT molecular complexity index is 723. The average Bonchev–Trinajstić information content (AvgIpc) is 3.22. The topological polar surface area (TPSA) is 79.4 Å². The van der Waals surface area contributed by atoms with Gasteiger partial charge in [0, 0.05) is 37.6 Å². The number of carbonyl (C=O) groups is 1. The van der Waals surface area contributed by atoms with Crippen LogP contribution in [0.1, 0.15) is 37.2 Å². The summed E-state index contributed by atoms with van der Waals surface area (Å²) < 4.78 is 5.56. The lowest BCUT2D eigenvalue weighted by Crippen LogP contribution is -2.21. The first-order valence-corrected chi connectivity index (χ1v) is 9.55. The van der Waals surface area contributed by atoms with E-state index in [1.807, 2.05) is 24.3 Å². The summed E-state index contributed by atoms with van der Waals surface area (Å²) in [5.41, 5.74) is 2.16. The van der Waals surface area contributed by atoms with E-state index in [1.54, 1.807) is 12.1 Å². The lowest BCUT2D eigenvalue weighted by Gasteiger charge is -2.21. The second-order valence-electron chi connectivity index (χ2n) is 6.49. The van der Waals surface area contributed by atoms with Crippen LogP contribution in [0.25, 0.3) is 0 Å². The summed E-state index contributed by atoms with van der Waals surface area (Å²) in [6.45, 7) is 7.68. The fourth-order valence-corrected chi connectivity index (χ4v) is 3.11. The van der Waals surface area contributed by atoms with Crippen LogP contribution in [0.3, 0.4) is 0 Å². The number of benzene rings is 1. The number of carbonyl (C=O) groups excluding carboxylic acids is 1. The molecule has 1 aliphatic rings. The molecule has 2 heterocycles. The third-order valence-electron chi connectivity index (χ3n) is 4.69. The molecule has 0 aliphatic carbocycles. The Morgan fingerprint density at radius 2 is 1.93 bits per heavy atom. The Kier molecular flexibility index (Phi) is 6.59. The van der Waals surface area contributed by atoms with E-state index in [1.165, 1.54) is 0 Å². The number of anilines is 3. The van der Waals surface area contributed by atoms with Gasteiger partial charge in [0.15, 0.2) is 5.69 Å². The summed E-state index contributed by atoms with van der Waals surface area (Å²) in [6, 6.07) is 11.2. The van der Waals surface area contributed by atoms with Crippen LogP contribution in [-0.2, 0) is 4.74 Å². The van der Waals surface area contributed by atoms with Crippen LogP contribution in [0.2, 0.25) is 0 Å². The van der Waals surface area contributed by atoms with Crippen molar-refractivity contribution in [3.05, 3.63) is 42.1 Å². The molecule has 0 radical (unpaired) electrons. The van der Waals surface area contributed by atoms with Crippen molar-refractivity contribution in [3.63, 3.8) is 0 Å². The molecule has 1 aromatic carbocycles. The second kappa shape index (κ2) is 9.32. The molecule has 0 spiro atoms. The molecular formula is C20H27N5O2. The van der Waals surface area contributed by atoms with Gasteiger partial charge in [0.1, 0.15) is 5.82 Å². The van der Waals surface area contributed by atoms with E-state index < -0.39 is 0 Å². The van der Waals surface area contributed by atoms with Gasteiger partial charge in [-0.3, -0.25) is 4.79 Å². The number of amides is 1. The Morgan fingerprint density at radius 3 is 2.52 bits per heavy atom. The Hall–Kier alpha value is -2.67. The number of ether oxygens (including phenoxy) is 1. The lowest BCUT2D eigenvalue weighted by molar-refractivity contribution is 0.102. The van der Waals surface area contributed by atoms with Crippen molar-refractivity contribution in [3.8, 4) is 0 Å². The molecule has 3 rings (SSSR count). The lowest BCUT2D eigenvalue weighted by atomic mass is 10.2. The average molecular weight is 369 g/mol. The van der Waals surface area contributed by atoms with Gasteiger partial charge >= 0.3 is 0 Å². The van der Waals surface area contributed by atoms with Gasteiger partial charge in [0.2, 0.25) is 0 Å². The highest BCUT2D eigenvalue weighted by Gasteiger charge is 2.15. The molecule has 1 amide bonds. The third-order valence-corrected chi connectivity index (χ3v) is 4.69. The van der Waals surface area contributed by atoms with Gasteiger partial charge in [0.05, 0.1) is 6.10 Å². The fourth-order valence-electron chi connectivity index (χ4n) is 3.11. The number of nitrogens with one attached hydrogen (secondary N) is 2.